The molecule has 7 nitrogen and oxygen atoms in total. The minimum Gasteiger partial charge on any atom is -0.493 e. The molecule has 0 aliphatic rings. The zero-order chi connectivity index (χ0) is 21.6. The van der Waals surface area contributed by atoms with Crippen molar-refractivity contribution in [1.29, 1.82) is 0 Å². The molecule has 0 saturated carbocycles. The molecule has 2 aromatic carbocycles. The number of methoxy groups -OCH3 is 1. The number of nitrogens with zero attached hydrogens (tertiary/aromatic N) is 1. The third-order valence-electron chi connectivity index (χ3n) is 4.07. The first-order chi connectivity index (χ1) is 13.7. The van der Waals surface area contributed by atoms with Gasteiger partial charge in [0.05, 0.1) is 18.7 Å². The minimum atomic E-state index is -0.646. The lowest BCUT2D eigenvalue weighted by molar-refractivity contribution is -0.119. The van der Waals surface area contributed by atoms with Crippen LogP contribution in [0.3, 0.4) is 0 Å². The van der Waals surface area contributed by atoms with E-state index in [0.29, 0.717) is 18.7 Å². The molecule has 0 saturated heterocycles. The second-order valence-electron chi connectivity index (χ2n) is 6.64. The molecule has 0 aromatic heterocycles. The number of primary amides is 1. The van der Waals surface area contributed by atoms with Gasteiger partial charge in [-0.1, -0.05) is 17.7 Å². The highest BCUT2D eigenvalue weighted by atomic mass is 35.5. The fourth-order valence-electron chi connectivity index (χ4n) is 2.77. The second-order valence-corrected chi connectivity index (χ2v) is 7.05. The maximum Gasteiger partial charge on any atom is 0.255 e. The number of nitrogens with two attached hydrogens (primary N) is 1. The number of halogens is 1. The predicted octanol–water partition coefficient (Wildman–Crippen LogP) is 2.98. The van der Waals surface area contributed by atoms with Crippen molar-refractivity contribution in [2.24, 2.45) is 5.73 Å². The van der Waals surface area contributed by atoms with Crippen molar-refractivity contribution in [3.05, 3.63) is 52.0 Å². The summed E-state index contributed by atoms with van der Waals surface area (Å²) in [6.45, 7) is 4.38. The van der Waals surface area contributed by atoms with E-state index in [1.165, 1.54) is 24.1 Å². The number of ether oxygens (including phenoxy) is 3. The van der Waals surface area contributed by atoms with Crippen LogP contribution in [0.2, 0.25) is 5.02 Å². The molecule has 156 valence electrons. The van der Waals surface area contributed by atoms with Crippen molar-refractivity contribution in [3.8, 4) is 17.2 Å². The first-order valence-corrected chi connectivity index (χ1v) is 9.34. The summed E-state index contributed by atoms with van der Waals surface area (Å²) in [5.74, 6) is 0.263. The molecule has 0 atom stereocenters. The van der Waals surface area contributed by atoms with Gasteiger partial charge in [0.1, 0.15) is 12.4 Å². The maximum absolute atomic E-state index is 12.7. The Hall–Kier alpha value is -2.93. The van der Waals surface area contributed by atoms with Crippen LogP contribution >= 0.6 is 11.6 Å². The van der Waals surface area contributed by atoms with Gasteiger partial charge in [-0.25, -0.2) is 0 Å². The van der Waals surface area contributed by atoms with Gasteiger partial charge < -0.3 is 24.8 Å². The Morgan fingerprint density at radius 2 is 1.72 bits per heavy atom. The number of hydrogen-bond acceptors (Lipinski definition) is 5. The second kappa shape index (κ2) is 10.0. The van der Waals surface area contributed by atoms with Gasteiger partial charge in [0, 0.05) is 12.6 Å². The fourth-order valence-corrected chi connectivity index (χ4v) is 3.03. The summed E-state index contributed by atoms with van der Waals surface area (Å²) in [4.78, 5) is 25.2. The Bertz CT molecular complexity index is 881. The number of carbonyl (C=O) groups is 2. The van der Waals surface area contributed by atoms with Crippen molar-refractivity contribution >= 4 is 23.4 Å². The van der Waals surface area contributed by atoms with E-state index in [9.17, 15) is 9.59 Å². The lowest BCUT2D eigenvalue weighted by atomic mass is 10.1. The standard InChI is InChI=1S/C21H25ClN2O5/c1-13-7-14(2)9-16(8-13)28-6-5-24(3)21(26)15-10-17(22)20(18(11-15)27-4)29-12-19(23)25/h7-11H,5-6,12H2,1-4H3,(H2,23,25). The van der Waals surface area contributed by atoms with Gasteiger partial charge >= 0.3 is 0 Å². The molecule has 0 fully saturated rings. The summed E-state index contributed by atoms with van der Waals surface area (Å²) in [6, 6.07) is 8.93. The summed E-state index contributed by atoms with van der Waals surface area (Å²) in [6.07, 6.45) is 0. The van der Waals surface area contributed by atoms with Crippen LogP contribution in [0, 0.1) is 13.8 Å². The molecule has 2 aromatic rings. The summed E-state index contributed by atoms with van der Waals surface area (Å²) >= 11 is 6.21. The number of hydrogen-bond donors (Lipinski definition) is 1. The number of aryl methyl sites for hydroxylation is 2. The Morgan fingerprint density at radius 3 is 2.31 bits per heavy atom. The molecule has 0 radical (unpaired) electrons. The van der Waals surface area contributed by atoms with Crippen LogP contribution in [0.5, 0.6) is 17.2 Å². The summed E-state index contributed by atoms with van der Waals surface area (Å²) < 4.78 is 16.3. The van der Waals surface area contributed by atoms with Crippen molar-refractivity contribution in [2.45, 2.75) is 13.8 Å². The third kappa shape index (κ3) is 6.29. The Labute approximate surface area is 175 Å². The predicted molar refractivity (Wildman–Crippen MR) is 111 cm³/mol. The molecule has 29 heavy (non-hydrogen) atoms. The Morgan fingerprint density at radius 1 is 1.07 bits per heavy atom. The molecule has 0 unspecified atom stereocenters. The molecule has 0 bridgehead atoms. The molecule has 0 spiro atoms. The SMILES string of the molecule is COc1cc(C(=O)N(C)CCOc2cc(C)cc(C)c2)cc(Cl)c1OCC(N)=O. The average Bonchev–Trinajstić information content (AvgIpc) is 2.64. The van der Waals surface area contributed by atoms with E-state index in [4.69, 9.17) is 31.5 Å². The van der Waals surface area contributed by atoms with Crippen molar-refractivity contribution in [1.82, 2.24) is 4.90 Å². The van der Waals surface area contributed by atoms with Crippen molar-refractivity contribution < 1.29 is 23.8 Å². The molecule has 2 amide bonds. The van der Waals surface area contributed by atoms with E-state index >= 15 is 0 Å². The Kier molecular flexibility index (Phi) is 7.73. The number of rotatable bonds is 9. The molecule has 0 aliphatic carbocycles. The molecular formula is C21H25ClN2O5. The van der Waals surface area contributed by atoms with E-state index in [1.807, 2.05) is 26.0 Å². The van der Waals surface area contributed by atoms with Crippen LogP contribution in [0.4, 0.5) is 0 Å². The molecule has 2 rings (SSSR count). The quantitative estimate of drug-likeness (QED) is 0.673. The zero-order valence-electron chi connectivity index (χ0n) is 17.0. The number of carbonyl (C=O) groups excluding carboxylic acids is 2. The fraction of sp³-hybridized carbons (Fsp3) is 0.333. The molecule has 2 N–H and O–H groups in total. The van der Waals surface area contributed by atoms with Gasteiger partial charge in [-0.05, 0) is 49.2 Å². The first kappa shape index (κ1) is 22.4. The molecule has 0 aliphatic heterocycles. The maximum atomic E-state index is 12.7. The van der Waals surface area contributed by atoms with Crippen LogP contribution in [-0.4, -0.2) is 50.6 Å². The summed E-state index contributed by atoms with van der Waals surface area (Å²) in [5.41, 5.74) is 7.64. The monoisotopic (exact) mass is 420 g/mol. The van der Waals surface area contributed by atoms with Crippen LogP contribution in [0.1, 0.15) is 21.5 Å². The zero-order valence-corrected chi connectivity index (χ0v) is 17.7. The van der Waals surface area contributed by atoms with E-state index in [1.54, 1.807) is 7.05 Å². The lowest BCUT2D eigenvalue weighted by Crippen LogP contribution is -2.31. The van der Waals surface area contributed by atoms with Gasteiger partial charge in [-0.15, -0.1) is 0 Å². The van der Waals surface area contributed by atoms with Crippen LogP contribution in [0.25, 0.3) is 0 Å². The Balaban J connectivity index is 2.04. The summed E-state index contributed by atoms with van der Waals surface area (Å²) in [7, 11) is 3.09. The topological polar surface area (TPSA) is 91.1 Å². The first-order valence-electron chi connectivity index (χ1n) is 8.96. The highest BCUT2D eigenvalue weighted by molar-refractivity contribution is 6.32. The van der Waals surface area contributed by atoms with E-state index in [0.717, 1.165) is 16.9 Å². The number of amides is 2. The average molecular weight is 421 g/mol. The van der Waals surface area contributed by atoms with E-state index < -0.39 is 5.91 Å². The molecular weight excluding hydrogens is 396 g/mol. The van der Waals surface area contributed by atoms with Gasteiger partial charge in [-0.3, -0.25) is 9.59 Å². The third-order valence-corrected chi connectivity index (χ3v) is 4.35. The molecule has 0 heterocycles. The highest BCUT2D eigenvalue weighted by Gasteiger charge is 2.19. The van der Waals surface area contributed by atoms with Gasteiger partial charge in [-0.2, -0.15) is 0 Å². The minimum absolute atomic E-state index is 0.147. The van der Waals surface area contributed by atoms with Gasteiger partial charge in [0.25, 0.3) is 11.8 Å². The van der Waals surface area contributed by atoms with E-state index in [2.05, 4.69) is 6.07 Å². The van der Waals surface area contributed by atoms with Crippen LogP contribution in [-0.2, 0) is 4.79 Å². The van der Waals surface area contributed by atoms with Crippen LogP contribution in [0.15, 0.2) is 30.3 Å². The van der Waals surface area contributed by atoms with Gasteiger partial charge in [0.2, 0.25) is 0 Å². The number of likely N-dealkylation sites (N-methyl/N-ethyl adjacent to an activating group) is 1. The van der Waals surface area contributed by atoms with Crippen molar-refractivity contribution in [2.75, 3.05) is 33.9 Å². The largest absolute Gasteiger partial charge is 0.493 e. The smallest absolute Gasteiger partial charge is 0.255 e. The summed E-state index contributed by atoms with van der Waals surface area (Å²) in [5, 5.41) is 0.147. The van der Waals surface area contributed by atoms with Gasteiger partial charge in [0.15, 0.2) is 18.1 Å². The van der Waals surface area contributed by atoms with Crippen LogP contribution < -0.4 is 19.9 Å². The van der Waals surface area contributed by atoms with Crippen molar-refractivity contribution in [3.63, 3.8) is 0 Å². The van der Waals surface area contributed by atoms with E-state index in [-0.39, 0.29) is 29.0 Å². The normalized spacial score (nSPS) is 10.4. The highest BCUT2D eigenvalue weighted by Crippen LogP contribution is 2.36. The molecule has 8 heteroatoms. The number of benzene rings is 2. The lowest BCUT2D eigenvalue weighted by Gasteiger charge is -2.19.